The number of thiophene rings is 2. The molecule has 0 radical (unpaired) electrons. The molecule has 4 rings (SSSR count). The lowest BCUT2D eigenvalue weighted by Gasteiger charge is -2.28. The smallest absolute Gasteiger partial charge is 0.219 e. The lowest BCUT2D eigenvalue weighted by atomic mass is 10.1. The predicted molar refractivity (Wildman–Crippen MR) is 87.9 cm³/mol. The summed E-state index contributed by atoms with van der Waals surface area (Å²) in [6.07, 6.45) is 0. The Balaban J connectivity index is 2.07. The van der Waals surface area contributed by atoms with Crippen molar-refractivity contribution in [3.8, 4) is 0 Å². The van der Waals surface area contributed by atoms with Crippen LogP contribution in [0.3, 0.4) is 0 Å². The molecule has 2 nitrogen and oxygen atoms in total. The van der Waals surface area contributed by atoms with E-state index < -0.39 is 10.0 Å². The Morgan fingerprint density at radius 2 is 1.14 bits per heavy atom. The van der Waals surface area contributed by atoms with Gasteiger partial charge in [-0.3, -0.25) is 9.59 Å². The monoisotopic (exact) mass is 330 g/mol. The van der Waals surface area contributed by atoms with Gasteiger partial charge in [0.1, 0.15) is 0 Å². The standard InChI is InChI=1S/C16H10O2S3/c17-15-11-5-1-2-6-12(11)16(18)21(15,13-7-3-9-19-13)14-8-4-10-20-14/h1-10H. The van der Waals surface area contributed by atoms with Gasteiger partial charge in [0.05, 0.1) is 8.42 Å². The van der Waals surface area contributed by atoms with Gasteiger partial charge in [-0.2, -0.15) is 0 Å². The minimum atomic E-state index is -2.29. The third-order valence-electron chi connectivity index (χ3n) is 3.52. The van der Waals surface area contributed by atoms with Crippen molar-refractivity contribution in [2.24, 2.45) is 0 Å². The number of benzene rings is 1. The van der Waals surface area contributed by atoms with Gasteiger partial charge in [-0.15, -0.1) is 22.7 Å². The molecule has 0 fully saturated rings. The summed E-state index contributed by atoms with van der Waals surface area (Å²) in [6, 6.07) is 14.8. The van der Waals surface area contributed by atoms with Crippen molar-refractivity contribution in [3.05, 3.63) is 70.4 Å². The lowest BCUT2D eigenvalue weighted by molar-refractivity contribution is 0.107. The fourth-order valence-corrected chi connectivity index (χ4v) is 9.26. The molecule has 0 unspecified atom stereocenters. The largest absolute Gasteiger partial charge is 0.282 e. The van der Waals surface area contributed by atoms with Crippen LogP contribution in [0.2, 0.25) is 0 Å². The van der Waals surface area contributed by atoms with Gasteiger partial charge in [-0.1, -0.05) is 24.3 Å². The van der Waals surface area contributed by atoms with Crippen molar-refractivity contribution in [3.63, 3.8) is 0 Å². The van der Waals surface area contributed by atoms with Crippen molar-refractivity contribution in [2.45, 2.75) is 8.42 Å². The van der Waals surface area contributed by atoms with Crippen LogP contribution in [0.25, 0.3) is 0 Å². The number of rotatable bonds is 2. The zero-order chi connectivity index (χ0) is 14.4. The molecule has 0 N–H and O–H groups in total. The predicted octanol–water partition coefficient (Wildman–Crippen LogP) is 5.03. The van der Waals surface area contributed by atoms with Crippen molar-refractivity contribution in [1.29, 1.82) is 0 Å². The SMILES string of the molecule is O=C1c2ccccc2C(=O)S1(c1cccs1)c1cccs1. The molecule has 0 spiro atoms. The maximum Gasteiger partial charge on any atom is 0.219 e. The zero-order valence-corrected chi connectivity index (χ0v) is 13.3. The fourth-order valence-electron chi connectivity index (χ4n) is 2.59. The second-order valence-corrected chi connectivity index (χ2v) is 9.86. The second-order valence-electron chi connectivity index (χ2n) is 4.60. The average Bonchev–Trinajstić information content (AvgIpc) is 3.23. The maximum absolute atomic E-state index is 13.2. The first-order valence-corrected chi connectivity index (χ1v) is 9.73. The van der Waals surface area contributed by atoms with E-state index in [1.165, 1.54) is 22.7 Å². The van der Waals surface area contributed by atoms with E-state index in [2.05, 4.69) is 0 Å². The molecule has 1 aliphatic heterocycles. The number of hydrogen-bond acceptors (Lipinski definition) is 4. The summed E-state index contributed by atoms with van der Waals surface area (Å²) in [6.45, 7) is 0. The highest BCUT2D eigenvalue weighted by Gasteiger charge is 2.52. The molecule has 5 heteroatoms. The summed E-state index contributed by atoms with van der Waals surface area (Å²) in [5.41, 5.74) is 1.14. The van der Waals surface area contributed by atoms with E-state index in [0.29, 0.717) is 11.1 Å². The minimum Gasteiger partial charge on any atom is -0.282 e. The van der Waals surface area contributed by atoms with Crippen LogP contribution in [0.1, 0.15) is 20.7 Å². The van der Waals surface area contributed by atoms with Crippen LogP contribution in [-0.2, 0) is 0 Å². The highest BCUT2D eigenvalue weighted by Crippen LogP contribution is 2.71. The first-order chi connectivity index (χ1) is 10.3. The Kier molecular flexibility index (Phi) is 2.89. The molecule has 1 aliphatic rings. The molecular weight excluding hydrogens is 320 g/mol. The molecule has 2 aromatic heterocycles. The summed E-state index contributed by atoms with van der Waals surface area (Å²) in [5, 5.41) is 3.82. The molecule has 3 heterocycles. The van der Waals surface area contributed by atoms with Crippen molar-refractivity contribution in [1.82, 2.24) is 0 Å². The summed E-state index contributed by atoms with van der Waals surface area (Å²) >= 11 is 2.99. The van der Waals surface area contributed by atoms with E-state index in [4.69, 9.17) is 0 Å². The highest BCUT2D eigenvalue weighted by atomic mass is 32.3. The van der Waals surface area contributed by atoms with Crippen LogP contribution in [0.4, 0.5) is 0 Å². The first kappa shape index (κ1) is 13.0. The highest BCUT2D eigenvalue weighted by molar-refractivity contribution is 8.58. The normalized spacial score (nSPS) is 17.7. The minimum absolute atomic E-state index is 0.0204. The maximum atomic E-state index is 13.2. The van der Waals surface area contributed by atoms with E-state index in [-0.39, 0.29) is 10.2 Å². The third kappa shape index (κ3) is 1.59. The van der Waals surface area contributed by atoms with Gasteiger partial charge in [0.2, 0.25) is 10.2 Å². The number of carbonyl (C=O) groups excluding carboxylic acids is 2. The van der Waals surface area contributed by atoms with Gasteiger partial charge >= 0.3 is 0 Å². The Morgan fingerprint density at radius 3 is 1.52 bits per heavy atom. The topological polar surface area (TPSA) is 34.1 Å². The Hall–Kier alpha value is -1.69. The fraction of sp³-hybridized carbons (Fsp3) is 0. The molecule has 0 bridgehead atoms. The van der Waals surface area contributed by atoms with E-state index in [9.17, 15) is 9.59 Å². The van der Waals surface area contributed by atoms with Gasteiger partial charge in [-0.25, -0.2) is 0 Å². The van der Waals surface area contributed by atoms with Crippen molar-refractivity contribution in [2.75, 3.05) is 0 Å². The van der Waals surface area contributed by atoms with Gasteiger partial charge in [0, 0.05) is 11.1 Å². The van der Waals surface area contributed by atoms with Crippen molar-refractivity contribution >= 4 is 42.9 Å². The van der Waals surface area contributed by atoms with Gasteiger partial charge in [0.15, 0.2) is 0 Å². The lowest BCUT2D eigenvalue weighted by Crippen LogP contribution is -2.12. The molecule has 104 valence electrons. The molecule has 0 saturated carbocycles. The van der Waals surface area contributed by atoms with E-state index >= 15 is 0 Å². The second kappa shape index (κ2) is 4.66. The van der Waals surface area contributed by atoms with Gasteiger partial charge < -0.3 is 0 Å². The van der Waals surface area contributed by atoms with Crippen LogP contribution in [0.15, 0.2) is 67.7 Å². The summed E-state index contributed by atoms with van der Waals surface area (Å²) in [5.74, 6) is 0. The molecule has 1 aromatic carbocycles. The van der Waals surface area contributed by atoms with Crippen molar-refractivity contribution < 1.29 is 9.59 Å². The van der Waals surface area contributed by atoms with Crippen LogP contribution in [-0.4, -0.2) is 10.2 Å². The van der Waals surface area contributed by atoms with Gasteiger partial charge in [0.25, 0.3) is 0 Å². The number of fused-ring (bicyclic) bond motifs is 1. The molecule has 21 heavy (non-hydrogen) atoms. The average molecular weight is 330 g/mol. The zero-order valence-electron chi connectivity index (χ0n) is 10.8. The van der Waals surface area contributed by atoms with Crippen LogP contribution in [0.5, 0.6) is 0 Å². The van der Waals surface area contributed by atoms with Crippen LogP contribution in [0, 0.1) is 0 Å². The van der Waals surface area contributed by atoms with Crippen LogP contribution >= 0.6 is 32.7 Å². The molecule has 0 atom stereocenters. The summed E-state index contributed by atoms with van der Waals surface area (Å²) in [7, 11) is -2.29. The molecule has 0 saturated heterocycles. The molecule has 3 aromatic rings. The van der Waals surface area contributed by atoms with E-state index in [1.54, 1.807) is 12.1 Å². The number of hydrogen-bond donors (Lipinski definition) is 0. The molecule has 0 aliphatic carbocycles. The Labute approximate surface area is 131 Å². The number of carbonyl (C=O) groups is 2. The third-order valence-corrected chi connectivity index (χ3v) is 9.95. The van der Waals surface area contributed by atoms with Crippen LogP contribution < -0.4 is 0 Å². The summed E-state index contributed by atoms with van der Waals surface area (Å²) in [4.78, 5) is 26.3. The first-order valence-electron chi connectivity index (χ1n) is 6.34. The van der Waals surface area contributed by atoms with E-state index in [1.807, 2.05) is 47.2 Å². The van der Waals surface area contributed by atoms with Gasteiger partial charge in [-0.05, 0) is 45.1 Å². The Morgan fingerprint density at radius 1 is 0.667 bits per heavy atom. The molecular formula is C16H10O2S3. The quantitative estimate of drug-likeness (QED) is 0.660. The molecule has 0 amide bonds. The Bertz CT molecular complexity index is 761. The summed E-state index contributed by atoms with van der Waals surface area (Å²) < 4.78 is 1.77. The van der Waals surface area contributed by atoms with E-state index in [0.717, 1.165) is 8.42 Å².